The molecule has 1 aliphatic carbocycles. The molecule has 4 nitrogen and oxygen atoms in total. The second kappa shape index (κ2) is 7.09. The Bertz CT molecular complexity index is 963. The zero-order valence-electron chi connectivity index (χ0n) is 14.5. The first-order valence-electron chi connectivity index (χ1n) is 8.26. The van der Waals surface area contributed by atoms with Crippen molar-refractivity contribution in [1.29, 1.82) is 0 Å². The average Bonchev–Trinajstić information content (AvgIpc) is 3.05. The van der Waals surface area contributed by atoms with Gasteiger partial charge in [0.15, 0.2) is 9.84 Å². The van der Waals surface area contributed by atoms with Crippen molar-refractivity contribution in [2.24, 2.45) is 5.92 Å². The maximum atomic E-state index is 12.7. The lowest BCUT2D eigenvalue weighted by atomic mass is 9.98. The Morgan fingerprint density at radius 1 is 1.04 bits per heavy atom. The van der Waals surface area contributed by atoms with Gasteiger partial charge in [-0.25, -0.2) is 8.42 Å². The number of sulfone groups is 1. The molecular weight excluding hydrogens is 379 g/mol. The topological polar surface area (TPSA) is 67.3 Å². The van der Waals surface area contributed by atoms with E-state index in [1.54, 1.807) is 12.1 Å². The van der Waals surface area contributed by atoms with Gasteiger partial charge in [-0.15, -0.1) is 0 Å². The van der Waals surface area contributed by atoms with E-state index in [4.69, 9.17) is 0 Å². The standard InChI is InChI=1S/C19H18F3NO3S/c1-27(25,26)15-5-2-13(3-6-15)16-8-12(11-24)9-17(16)14-4-7-18(23-10-14)19(20,21)22/h2-7,10,12,24H,8-9,11H2,1H3. The molecule has 144 valence electrons. The Balaban J connectivity index is 2.01. The monoisotopic (exact) mass is 397 g/mol. The van der Waals surface area contributed by atoms with Gasteiger partial charge in [0, 0.05) is 19.1 Å². The van der Waals surface area contributed by atoms with Crippen molar-refractivity contribution in [2.75, 3.05) is 12.9 Å². The molecule has 1 aromatic heterocycles. The Hall–Kier alpha value is -2.19. The number of alkyl halides is 3. The summed E-state index contributed by atoms with van der Waals surface area (Å²) >= 11 is 0. The van der Waals surface area contributed by atoms with E-state index in [1.165, 1.54) is 24.4 Å². The molecule has 3 rings (SSSR count). The predicted octanol–water partition coefficient (Wildman–Crippen LogP) is 3.82. The second-order valence-electron chi connectivity index (χ2n) is 6.64. The molecule has 0 fully saturated rings. The van der Waals surface area contributed by atoms with Crippen molar-refractivity contribution in [2.45, 2.75) is 23.9 Å². The van der Waals surface area contributed by atoms with E-state index in [0.717, 1.165) is 29.0 Å². The second-order valence-corrected chi connectivity index (χ2v) is 8.66. The average molecular weight is 397 g/mol. The zero-order chi connectivity index (χ0) is 19.8. The number of hydrogen-bond donors (Lipinski definition) is 1. The molecule has 1 aliphatic rings. The minimum atomic E-state index is -4.50. The first kappa shape index (κ1) is 19.6. The molecule has 0 radical (unpaired) electrons. The highest BCUT2D eigenvalue weighted by molar-refractivity contribution is 7.90. The molecule has 0 saturated heterocycles. The van der Waals surface area contributed by atoms with E-state index in [1.807, 2.05) is 0 Å². The first-order chi connectivity index (χ1) is 12.6. The van der Waals surface area contributed by atoms with E-state index < -0.39 is 21.7 Å². The lowest BCUT2D eigenvalue weighted by molar-refractivity contribution is -0.141. The van der Waals surface area contributed by atoms with E-state index in [9.17, 15) is 26.7 Å². The van der Waals surface area contributed by atoms with Crippen molar-refractivity contribution in [3.8, 4) is 0 Å². The van der Waals surface area contributed by atoms with Gasteiger partial charge in [0.1, 0.15) is 5.69 Å². The smallest absolute Gasteiger partial charge is 0.396 e. The molecule has 27 heavy (non-hydrogen) atoms. The van der Waals surface area contributed by atoms with Crippen molar-refractivity contribution in [3.05, 3.63) is 59.4 Å². The molecule has 1 aromatic carbocycles. The van der Waals surface area contributed by atoms with Crippen LogP contribution in [-0.4, -0.2) is 31.4 Å². The summed E-state index contributed by atoms with van der Waals surface area (Å²) in [4.78, 5) is 3.71. The van der Waals surface area contributed by atoms with E-state index in [0.29, 0.717) is 18.4 Å². The van der Waals surface area contributed by atoms with E-state index in [2.05, 4.69) is 4.98 Å². The number of aliphatic hydroxyl groups excluding tert-OH is 1. The summed E-state index contributed by atoms with van der Waals surface area (Å²) in [6, 6.07) is 8.71. The van der Waals surface area contributed by atoms with Crippen LogP contribution in [0.2, 0.25) is 0 Å². The fourth-order valence-electron chi connectivity index (χ4n) is 3.25. The molecule has 1 atom stereocenters. The third kappa shape index (κ3) is 4.22. The number of aliphatic hydroxyl groups is 1. The highest BCUT2D eigenvalue weighted by Crippen LogP contribution is 2.43. The minimum Gasteiger partial charge on any atom is -0.396 e. The fourth-order valence-corrected chi connectivity index (χ4v) is 3.88. The highest BCUT2D eigenvalue weighted by atomic mass is 32.2. The summed E-state index contributed by atoms with van der Waals surface area (Å²) in [5, 5.41) is 9.53. The molecular formula is C19H18F3NO3S. The molecule has 1 N–H and O–H groups in total. The number of nitrogens with zero attached hydrogens (tertiary/aromatic N) is 1. The normalized spacial score (nSPS) is 18.2. The summed E-state index contributed by atoms with van der Waals surface area (Å²) in [5.41, 5.74) is 2.11. The summed E-state index contributed by atoms with van der Waals surface area (Å²) in [6.07, 6.45) is -1.10. The molecule has 0 bridgehead atoms. The molecule has 0 amide bonds. The fraction of sp³-hybridized carbons (Fsp3) is 0.316. The molecule has 8 heteroatoms. The molecule has 1 unspecified atom stereocenters. The van der Waals surface area contributed by atoms with Crippen LogP contribution >= 0.6 is 0 Å². The lowest BCUT2D eigenvalue weighted by Gasteiger charge is -2.10. The Morgan fingerprint density at radius 3 is 2.04 bits per heavy atom. The van der Waals surface area contributed by atoms with Crippen LogP contribution in [0.15, 0.2) is 47.5 Å². The summed E-state index contributed by atoms with van der Waals surface area (Å²) in [6.45, 7) is -0.0392. The van der Waals surface area contributed by atoms with Crippen LogP contribution < -0.4 is 0 Å². The van der Waals surface area contributed by atoms with Crippen LogP contribution in [0.3, 0.4) is 0 Å². The van der Waals surface area contributed by atoms with Gasteiger partial charge in [0.25, 0.3) is 0 Å². The molecule has 0 aliphatic heterocycles. The molecule has 0 spiro atoms. The zero-order valence-corrected chi connectivity index (χ0v) is 15.3. The maximum Gasteiger partial charge on any atom is 0.433 e. The number of halogens is 3. The van der Waals surface area contributed by atoms with Crippen LogP contribution in [0.5, 0.6) is 0 Å². The first-order valence-corrected chi connectivity index (χ1v) is 10.2. The predicted molar refractivity (Wildman–Crippen MR) is 95.4 cm³/mol. The SMILES string of the molecule is CS(=O)(=O)c1ccc(C2=C(c3ccc(C(F)(F)F)nc3)CC(CO)C2)cc1. The van der Waals surface area contributed by atoms with Crippen molar-refractivity contribution < 1.29 is 26.7 Å². The summed E-state index contributed by atoms with van der Waals surface area (Å²) in [7, 11) is -3.32. The van der Waals surface area contributed by atoms with Crippen molar-refractivity contribution >= 4 is 21.0 Å². The van der Waals surface area contributed by atoms with Crippen LogP contribution in [0.25, 0.3) is 11.1 Å². The number of pyridine rings is 1. The van der Waals surface area contributed by atoms with E-state index in [-0.39, 0.29) is 17.4 Å². The lowest BCUT2D eigenvalue weighted by Crippen LogP contribution is -2.07. The number of rotatable bonds is 4. The third-order valence-electron chi connectivity index (χ3n) is 4.64. The minimum absolute atomic E-state index is 0.0353. The van der Waals surface area contributed by atoms with Gasteiger partial charge in [-0.3, -0.25) is 4.98 Å². The van der Waals surface area contributed by atoms with Crippen LogP contribution in [0, 0.1) is 5.92 Å². The number of allylic oxidation sites excluding steroid dienone is 2. The van der Waals surface area contributed by atoms with Crippen molar-refractivity contribution in [1.82, 2.24) is 4.98 Å². The van der Waals surface area contributed by atoms with E-state index >= 15 is 0 Å². The summed E-state index contributed by atoms with van der Waals surface area (Å²) < 4.78 is 61.4. The van der Waals surface area contributed by atoms with Gasteiger partial charge in [0.05, 0.1) is 4.90 Å². The third-order valence-corrected chi connectivity index (χ3v) is 5.77. The quantitative estimate of drug-likeness (QED) is 0.852. The van der Waals surface area contributed by atoms with Crippen LogP contribution in [-0.2, 0) is 16.0 Å². The number of hydrogen-bond acceptors (Lipinski definition) is 4. The Morgan fingerprint density at radius 2 is 1.59 bits per heavy atom. The summed E-state index contributed by atoms with van der Waals surface area (Å²) in [5.74, 6) is -0.0353. The van der Waals surface area contributed by atoms with Gasteiger partial charge < -0.3 is 5.11 Å². The largest absolute Gasteiger partial charge is 0.433 e. The number of benzene rings is 1. The van der Waals surface area contributed by atoms with Gasteiger partial charge in [-0.1, -0.05) is 18.2 Å². The van der Waals surface area contributed by atoms with Gasteiger partial charge in [0.2, 0.25) is 0 Å². The van der Waals surface area contributed by atoms with Gasteiger partial charge in [-0.05, 0) is 59.2 Å². The van der Waals surface area contributed by atoms with Gasteiger partial charge in [-0.2, -0.15) is 13.2 Å². The number of aromatic nitrogens is 1. The molecule has 0 saturated carbocycles. The Kier molecular flexibility index (Phi) is 5.14. The maximum absolute atomic E-state index is 12.7. The van der Waals surface area contributed by atoms with Gasteiger partial charge >= 0.3 is 6.18 Å². The van der Waals surface area contributed by atoms with Crippen LogP contribution in [0.1, 0.15) is 29.7 Å². The Labute approximate surface area is 155 Å². The van der Waals surface area contributed by atoms with Crippen molar-refractivity contribution in [3.63, 3.8) is 0 Å². The van der Waals surface area contributed by atoms with Crippen LogP contribution in [0.4, 0.5) is 13.2 Å². The molecule has 2 aromatic rings. The highest BCUT2D eigenvalue weighted by Gasteiger charge is 2.33. The molecule has 1 heterocycles.